The zero-order valence-corrected chi connectivity index (χ0v) is 15.1. The van der Waals surface area contributed by atoms with E-state index in [4.69, 9.17) is 4.74 Å². The van der Waals surface area contributed by atoms with Crippen molar-refractivity contribution < 1.29 is 14.3 Å². The second-order valence-corrected chi connectivity index (χ2v) is 6.82. The Morgan fingerprint density at radius 2 is 1.81 bits per heavy atom. The Morgan fingerprint density at radius 3 is 2.52 bits per heavy atom. The molecular formula is C20H22N4O3. The number of urea groups is 1. The molecule has 0 aromatic heterocycles. The number of benzene rings is 2. The molecule has 0 saturated carbocycles. The van der Waals surface area contributed by atoms with Gasteiger partial charge >= 0.3 is 6.03 Å². The predicted octanol–water partition coefficient (Wildman–Crippen LogP) is 2.36. The van der Waals surface area contributed by atoms with Gasteiger partial charge < -0.3 is 15.0 Å². The SMILES string of the molecule is COc1cccc(C(=O)N2CCC3(CC2)NC(=O)N(c2ccccc2)N3)c1. The number of hydrogen-bond donors (Lipinski definition) is 2. The van der Waals surface area contributed by atoms with E-state index in [1.54, 1.807) is 24.3 Å². The minimum absolute atomic E-state index is 0.0204. The van der Waals surface area contributed by atoms with E-state index in [2.05, 4.69) is 10.7 Å². The lowest BCUT2D eigenvalue weighted by molar-refractivity contribution is 0.0640. The Labute approximate surface area is 157 Å². The first-order valence-corrected chi connectivity index (χ1v) is 8.99. The van der Waals surface area contributed by atoms with Gasteiger partial charge in [-0.1, -0.05) is 24.3 Å². The molecule has 2 fully saturated rings. The first-order chi connectivity index (χ1) is 13.1. The molecule has 0 aliphatic carbocycles. The van der Waals surface area contributed by atoms with E-state index in [1.165, 1.54) is 0 Å². The normalized spacial score (nSPS) is 18.5. The third-order valence-corrected chi connectivity index (χ3v) is 5.11. The number of hydrogen-bond acceptors (Lipinski definition) is 4. The average Bonchev–Trinajstić information content (AvgIpc) is 3.04. The number of piperidine rings is 1. The molecule has 0 unspecified atom stereocenters. The molecule has 0 radical (unpaired) electrons. The fourth-order valence-electron chi connectivity index (χ4n) is 3.58. The molecule has 7 heteroatoms. The number of para-hydroxylation sites is 1. The molecule has 0 atom stereocenters. The zero-order valence-electron chi connectivity index (χ0n) is 15.1. The highest BCUT2D eigenvalue weighted by Crippen LogP contribution is 2.28. The number of rotatable bonds is 3. The highest BCUT2D eigenvalue weighted by atomic mass is 16.5. The number of amides is 3. The first kappa shape index (κ1) is 17.4. The molecule has 3 amide bonds. The lowest BCUT2D eigenvalue weighted by atomic mass is 9.97. The molecule has 2 heterocycles. The van der Waals surface area contributed by atoms with Crippen LogP contribution in [-0.4, -0.2) is 42.7 Å². The van der Waals surface area contributed by atoms with Crippen molar-refractivity contribution in [3.63, 3.8) is 0 Å². The van der Waals surface area contributed by atoms with Crippen LogP contribution in [0.15, 0.2) is 54.6 Å². The molecule has 2 aliphatic rings. The molecule has 2 saturated heterocycles. The topological polar surface area (TPSA) is 73.9 Å². The van der Waals surface area contributed by atoms with Crippen LogP contribution < -0.4 is 20.5 Å². The lowest BCUT2D eigenvalue weighted by Gasteiger charge is -2.38. The quantitative estimate of drug-likeness (QED) is 0.875. The highest BCUT2D eigenvalue weighted by Gasteiger charge is 2.45. The van der Waals surface area contributed by atoms with E-state index < -0.39 is 5.66 Å². The van der Waals surface area contributed by atoms with Crippen molar-refractivity contribution in [3.8, 4) is 5.75 Å². The van der Waals surface area contributed by atoms with Crippen LogP contribution in [-0.2, 0) is 0 Å². The molecule has 2 aromatic carbocycles. The largest absolute Gasteiger partial charge is 0.497 e. The number of likely N-dealkylation sites (tertiary alicyclic amines) is 1. The second kappa shape index (κ2) is 6.92. The third kappa shape index (κ3) is 3.33. The van der Waals surface area contributed by atoms with Gasteiger partial charge in [-0.2, -0.15) is 0 Å². The maximum atomic E-state index is 12.8. The highest BCUT2D eigenvalue weighted by molar-refractivity contribution is 5.95. The van der Waals surface area contributed by atoms with E-state index in [1.807, 2.05) is 47.4 Å². The van der Waals surface area contributed by atoms with Gasteiger partial charge in [0.25, 0.3) is 5.91 Å². The van der Waals surface area contributed by atoms with Gasteiger partial charge in [0.1, 0.15) is 11.4 Å². The average molecular weight is 366 g/mol. The number of anilines is 1. The Hall–Kier alpha value is -3.06. The molecule has 2 aliphatic heterocycles. The van der Waals surface area contributed by atoms with Crippen molar-refractivity contribution in [2.45, 2.75) is 18.5 Å². The van der Waals surface area contributed by atoms with E-state index in [0.717, 1.165) is 5.69 Å². The Morgan fingerprint density at radius 1 is 1.07 bits per heavy atom. The van der Waals surface area contributed by atoms with Crippen molar-refractivity contribution >= 4 is 17.6 Å². The van der Waals surface area contributed by atoms with Gasteiger partial charge in [-0.3, -0.25) is 4.79 Å². The van der Waals surface area contributed by atoms with Crippen LogP contribution in [0, 0.1) is 0 Å². The van der Waals surface area contributed by atoms with E-state index >= 15 is 0 Å². The first-order valence-electron chi connectivity index (χ1n) is 8.99. The van der Waals surface area contributed by atoms with Crippen LogP contribution in [0.1, 0.15) is 23.2 Å². The summed E-state index contributed by atoms with van der Waals surface area (Å²) in [5.74, 6) is 0.644. The van der Waals surface area contributed by atoms with Gasteiger partial charge in [0.2, 0.25) is 0 Å². The molecule has 140 valence electrons. The number of ether oxygens (including phenoxy) is 1. The van der Waals surface area contributed by atoms with Gasteiger partial charge in [0.05, 0.1) is 12.8 Å². The molecule has 4 rings (SSSR count). The zero-order chi connectivity index (χ0) is 18.9. The predicted molar refractivity (Wildman–Crippen MR) is 101 cm³/mol. The number of hydrazine groups is 1. The van der Waals surface area contributed by atoms with Gasteiger partial charge in [0, 0.05) is 31.5 Å². The van der Waals surface area contributed by atoms with Gasteiger partial charge in [-0.25, -0.2) is 15.2 Å². The Bertz CT molecular complexity index is 847. The van der Waals surface area contributed by atoms with Gasteiger partial charge in [0.15, 0.2) is 0 Å². The fourth-order valence-corrected chi connectivity index (χ4v) is 3.58. The summed E-state index contributed by atoms with van der Waals surface area (Å²) >= 11 is 0. The van der Waals surface area contributed by atoms with Crippen LogP contribution >= 0.6 is 0 Å². The molecule has 2 aromatic rings. The van der Waals surface area contributed by atoms with Crippen LogP contribution in [0.25, 0.3) is 0 Å². The standard InChI is InChI=1S/C20H22N4O3/c1-27-17-9-5-6-15(14-17)18(25)23-12-10-20(11-13-23)21-19(26)24(22-20)16-7-3-2-4-8-16/h2-9,14,22H,10-13H2,1H3,(H,21,26). The Kier molecular flexibility index (Phi) is 4.45. The summed E-state index contributed by atoms with van der Waals surface area (Å²) in [4.78, 5) is 27.0. The van der Waals surface area contributed by atoms with Crippen LogP contribution in [0.5, 0.6) is 5.75 Å². The monoisotopic (exact) mass is 366 g/mol. The maximum Gasteiger partial charge on any atom is 0.338 e. The number of carbonyl (C=O) groups is 2. The molecule has 27 heavy (non-hydrogen) atoms. The summed E-state index contributed by atoms with van der Waals surface area (Å²) < 4.78 is 5.20. The summed E-state index contributed by atoms with van der Waals surface area (Å²) in [5, 5.41) is 4.59. The van der Waals surface area contributed by atoms with Crippen LogP contribution in [0.3, 0.4) is 0 Å². The van der Waals surface area contributed by atoms with Crippen LogP contribution in [0.4, 0.5) is 10.5 Å². The molecule has 0 bridgehead atoms. The van der Waals surface area contributed by atoms with Gasteiger partial charge in [-0.05, 0) is 30.3 Å². The third-order valence-electron chi connectivity index (χ3n) is 5.11. The van der Waals surface area contributed by atoms with E-state index in [0.29, 0.717) is 37.2 Å². The van der Waals surface area contributed by atoms with Crippen molar-refractivity contribution in [1.82, 2.24) is 15.6 Å². The smallest absolute Gasteiger partial charge is 0.338 e. The molecule has 7 nitrogen and oxygen atoms in total. The Balaban J connectivity index is 1.43. The fraction of sp³-hybridized carbons (Fsp3) is 0.300. The van der Waals surface area contributed by atoms with Crippen molar-refractivity contribution in [2.75, 3.05) is 25.2 Å². The number of nitrogens with one attached hydrogen (secondary N) is 2. The van der Waals surface area contributed by atoms with Crippen LogP contribution in [0.2, 0.25) is 0 Å². The van der Waals surface area contributed by atoms with Crippen molar-refractivity contribution in [1.29, 1.82) is 0 Å². The maximum absolute atomic E-state index is 12.8. The summed E-state index contributed by atoms with van der Waals surface area (Å²) in [6.07, 6.45) is 1.27. The summed E-state index contributed by atoms with van der Waals surface area (Å²) in [6, 6.07) is 16.5. The van der Waals surface area contributed by atoms with Crippen molar-refractivity contribution in [3.05, 3.63) is 60.2 Å². The van der Waals surface area contributed by atoms with E-state index in [9.17, 15) is 9.59 Å². The van der Waals surface area contributed by atoms with Gasteiger partial charge in [-0.15, -0.1) is 0 Å². The summed E-state index contributed by atoms with van der Waals surface area (Å²) in [6.45, 7) is 1.12. The molecular weight excluding hydrogens is 344 g/mol. The number of methoxy groups -OCH3 is 1. The molecule has 2 N–H and O–H groups in total. The lowest BCUT2D eigenvalue weighted by Crippen LogP contribution is -2.58. The van der Waals surface area contributed by atoms with E-state index in [-0.39, 0.29) is 11.9 Å². The summed E-state index contributed by atoms with van der Waals surface area (Å²) in [5.41, 5.74) is 4.19. The molecule has 1 spiro atoms. The second-order valence-electron chi connectivity index (χ2n) is 6.82. The minimum atomic E-state index is -0.516. The summed E-state index contributed by atoms with van der Waals surface area (Å²) in [7, 11) is 1.58. The number of carbonyl (C=O) groups excluding carboxylic acids is 2. The number of nitrogens with zero attached hydrogens (tertiary/aromatic N) is 2. The van der Waals surface area contributed by atoms with Crippen molar-refractivity contribution in [2.24, 2.45) is 0 Å². The minimum Gasteiger partial charge on any atom is -0.497 e.